The van der Waals surface area contributed by atoms with Gasteiger partial charge in [0.1, 0.15) is 24.2 Å². The molecule has 3 fully saturated rings. The second kappa shape index (κ2) is 9.75. The first-order valence-electron chi connectivity index (χ1n) is 7.92. The lowest BCUT2D eigenvalue weighted by Gasteiger charge is -2.38. The molecule has 26 heavy (non-hydrogen) atoms. The minimum Gasteiger partial charge on any atom is -0.462 e. The van der Waals surface area contributed by atoms with Crippen LogP contribution in [-0.4, -0.2) is 76.5 Å². The first kappa shape index (κ1) is 24.9. The Balaban J connectivity index is 0.00000156. The average molecular weight is 438 g/mol. The van der Waals surface area contributed by atoms with Crippen LogP contribution in [0, 0.1) is 0 Å². The van der Waals surface area contributed by atoms with Crippen molar-refractivity contribution >= 4 is 23.0 Å². The van der Waals surface area contributed by atoms with E-state index in [9.17, 15) is 9.90 Å². The molecule has 1 aromatic carbocycles. The van der Waals surface area contributed by atoms with Crippen molar-refractivity contribution in [3.05, 3.63) is 35.9 Å². The summed E-state index contributed by atoms with van der Waals surface area (Å²) in [6.07, 6.45) is 2.26. The van der Waals surface area contributed by atoms with E-state index >= 15 is 0 Å². The zero-order chi connectivity index (χ0) is 15.3. The van der Waals surface area contributed by atoms with Gasteiger partial charge in [0.05, 0.1) is 6.61 Å². The van der Waals surface area contributed by atoms with E-state index in [0.717, 1.165) is 18.4 Å². The van der Waals surface area contributed by atoms with Crippen LogP contribution >= 0.6 is 17.0 Å². The number of aliphatic hydroxyl groups is 1. The molecule has 0 saturated carbocycles. The summed E-state index contributed by atoms with van der Waals surface area (Å²) < 4.78 is 11.4. The third kappa shape index (κ3) is 4.25. The van der Waals surface area contributed by atoms with Gasteiger partial charge in [0.2, 0.25) is 0 Å². The molecule has 0 radical (unpaired) electrons. The lowest BCUT2D eigenvalue weighted by atomic mass is 9.97. The number of halogens is 1. The predicted molar refractivity (Wildman–Crippen MR) is 101 cm³/mol. The Hall–Kier alpha value is -1.07. The molecule has 8 nitrogen and oxygen atoms in total. The van der Waals surface area contributed by atoms with Crippen LogP contribution in [0.25, 0.3) is 0 Å². The molecule has 1 unspecified atom stereocenters. The summed E-state index contributed by atoms with van der Waals surface area (Å²) >= 11 is 0. The maximum atomic E-state index is 12.4. The number of epoxide rings is 1. The van der Waals surface area contributed by atoms with E-state index in [2.05, 4.69) is 11.9 Å². The van der Waals surface area contributed by atoms with Crippen LogP contribution < -0.4 is 0 Å². The zero-order valence-corrected chi connectivity index (χ0v) is 16.2. The van der Waals surface area contributed by atoms with Gasteiger partial charge in [-0.1, -0.05) is 30.3 Å². The van der Waals surface area contributed by atoms with Crippen molar-refractivity contribution in [3.63, 3.8) is 0 Å². The van der Waals surface area contributed by atoms with Crippen molar-refractivity contribution in [1.82, 2.24) is 4.90 Å². The number of hydrogen-bond acceptors (Lipinski definition) is 5. The molecular formula is C17H28BrNO7. The van der Waals surface area contributed by atoms with E-state index in [-0.39, 0.29) is 52.1 Å². The minimum absolute atomic E-state index is 0. The molecule has 9 heteroatoms. The van der Waals surface area contributed by atoms with Crippen LogP contribution in [-0.2, 0) is 14.3 Å². The Morgan fingerprint density at radius 3 is 2.23 bits per heavy atom. The third-order valence-corrected chi connectivity index (χ3v) is 5.33. The summed E-state index contributed by atoms with van der Waals surface area (Å²) in [7, 11) is 2.13. The Labute approximate surface area is 162 Å². The van der Waals surface area contributed by atoms with E-state index in [4.69, 9.17) is 9.47 Å². The topological polar surface area (TPSA) is 157 Å². The zero-order valence-electron chi connectivity index (χ0n) is 14.5. The fraction of sp³-hybridized carbons (Fsp3) is 0.588. The van der Waals surface area contributed by atoms with Crippen molar-refractivity contribution in [3.8, 4) is 0 Å². The molecule has 0 spiro atoms. The lowest BCUT2D eigenvalue weighted by molar-refractivity contribution is -0.156. The molecule has 0 aromatic heterocycles. The van der Waals surface area contributed by atoms with Gasteiger partial charge in [-0.2, -0.15) is 0 Å². The number of piperidine rings is 1. The van der Waals surface area contributed by atoms with Gasteiger partial charge in [-0.25, -0.2) is 0 Å². The summed E-state index contributed by atoms with van der Waals surface area (Å²) in [6, 6.07) is 10.1. The highest BCUT2D eigenvalue weighted by Gasteiger charge is 2.62. The van der Waals surface area contributed by atoms with Gasteiger partial charge in [-0.15, -0.1) is 17.0 Å². The molecule has 3 heterocycles. The molecule has 0 aliphatic carbocycles. The second-order valence-electron chi connectivity index (χ2n) is 6.54. The van der Waals surface area contributed by atoms with Gasteiger partial charge < -0.3 is 31.0 Å². The standard InChI is InChI=1S/C17H21NO4.BrH.3H2O/c1-18-13-7-11(8-14(18)16-15(13)22-16)21-17(20)12(9-19)10-5-3-2-4-6-10;;;;/h2-6,11-16,19H,7-9H2,1H3;1H;3*1H2/t11?,12-,13-,14+,15-,16+;;;;/m1..../s1. The number of rotatable bonds is 4. The van der Waals surface area contributed by atoms with Crippen LogP contribution in [0.3, 0.4) is 0 Å². The maximum absolute atomic E-state index is 12.4. The average Bonchev–Trinajstić information content (AvgIpc) is 3.27. The van der Waals surface area contributed by atoms with Crippen molar-refractivity contribution < 1.29 is 35.8 Å². The number of nitrogens with zero attached hydrogens (tertiary/aromatic N) is 1. The molecule has 7 N–H and O–H groups in total. The Kier molecular flexibility index (Phi) is 9.35. The monoisotopic (exact) mass is 437 g/mol. The lowest BCUT2D eigenvalue weighted by Crippen LogP contribution is -2.48. The number of fused-ring (bicyclic) bond motifs is 5. The van der Waals surface area contributed by atoms with Gasteiger partial charge in [-0.3, -0.25) is 9.69 Å². The Morgan fingerprint density at radius 2 is 1.73 bits per heavy atom. The largest absolute Gasteiger partial charge is 0.462 e. The molecule has 3 aliphatic heterocycles. The summed E-state index contributed by atoms with van der Waals surface area (Å²) in [5.74, 6) is -0.915. The van der Waals surface area contributed by atoms with E-state index in [0.29, 0.717) is 24.3 Å². The summed E-state index contributed by atoms with van der Waals surface area (Å²) in [6.45, 7) is -0.226. The third-order valence-electron chi connectivity index (χ3n) is 5.33. The van der Waals surface area contributed by atoms with Gasteiger partial charge >= 0.3 is 5.97 Å². The van der Waals surface area contributed by atoms with Crippen LogP contribution in [0.15, 0.2) is 30.3 Å². The molecular weight excluding hydrogens is 410 g/mol. The fourth-order valence-corrected chi connectivity index (χ4v) is 4.04. The number of aliphatic hydroxyl groups excluding tert-OH is 1. The molecule has 6 atom stereocenters. The van der Waals surface area contributed by atoms with E-state index in [1.165, 1.54) is 0 Å². The smallest absolute Gasteiger partial charge is 0.316 e. The predicted octanol–water partition coefficient (Wildman–Crippen LogP) is -0.978. The molecule has 0 amide bonds. The first-order chi connectivity index (χ1) is 10.7. The number of carbonyl (C=O) groups is 1. The number of likely N-dealkylation sites (N-methyl/N-ethyl adjacent to an activating group) is 1. The summed E-state index contributed by atoms with van der Waals surface area (Å²) in [5, 5.41) is 9.56. The number of carbonyl (C=O) groups excluding carboxylic acids is 1. The van der Waals surface area contributed by atoms with Crippen molar-refractivity contribution in [2.24, 2.45) is 0 Å². The van der Waals surface area contributed by atoms with Crippen LogP contribution in [0.1, 0.15) is 24.3 Å². The van der Waals surface area contributed by atoms with Crippen molar-refractivity contribution in [1.29, 1.82) is 0 Å². The quantitative estimate of drug-likeness (QED) is 0.472. The van der Waals surface area contributed by atoms with E-state index in [1.807, 2.05) is 30.3 Å². The van der Waals surface area contributed by atoms with E-state index in [1.54, 1.807) is 0 Å². The molecule has 3 saturated heterocycles. The van der Waals surface area contributed by atoms with Gasteiger partial charge in [0, 0.05) is 24.9 Å². The number of ether oxygens (including phenoxy) is 2. The maximum Gasteiger partial charge on any atom is 0.316 e. The van der Waals surface area contributed by atoms with Crippen LogP contribution in [0.2, 0.25) is 0 Å². The minimum atomic E-state index is -0.593. The van der Waals surface area contributed by atoms with E-state index < -0.39 is 5.92 Å². The summed E-state index contributed by atoms with van der Waals surface area (Å²) in [5.41, 5.74) is 0.803. The normalized spacial score (nSPS) is 31.7. The Morgan fingerprint density at radius 1 is 1.19 bits per heavy atom. The van der Waals surface area contributed by atoms with Crippen LogP contribution in [0.5, 0.6) is 0 Å². The molecule has 2 bridgehead atoms. The number of esters is 1. The second-order valence-corrected chi connectivity index (χ2v) is 6.54. The SMILES string of the molecule is Br.CN1[C@@H]2CC(OC(=O)[C@H](CO)c3ccccc3)C[C@H]1[C@@H]1O[C@@H]12.O.O.O. The molecule has 4 rings (SSSR count). The highest BCUT2D eigenvalue weighted by Crippen LogP contribution is 2.48. The van der Waals surface area contributed by atoms with Gasteiger partial charge in [-0.05, 0) is 12.6 Å². The summed E-state index contributed by atoms with van der Waals surface area (Å²) in [4.78, 5) is 14.8. The number of benzene rings is 1. The molecule has 3 aliphatic rings. The first-order valence-corrected chi connectivity index (χ1v) is 7.92. The molecule has 150 valence electrons. The van der Waals surface area contributed by atoms with Crippen molar-refractivity contribution in [2.75, 3.05) is 13.7 Å². The van der Waals surface area contributed by atoms with Crippen LogP contribution in [0.4, 0.5) is 0 Å². The van der Waals surface area contributed by atoms with Crippen molar-refractivity contribution in [2.45, 2.75) is 49.2 Å². The highest BCUT2D eigenvalue weighted by molar-refractivity contribution is 8.93. The number of morpholine rings is 1. The van der Waals surface area contributed by atoms with Gasteiger partial charge in [0.15, 0.2) is 0 Å². The van der Waals surface area contributed by atoms with Gasteiger partial charge in [0.25, 0.3) is 0 Å². The Bertz CT molecular complexity index is 557. The fourth-order valence-electron chi connectivity index (χ4n) is 4.04. The number of hydrogen-bond donors (Lipinski definition) is 1. The highest BCUT2D eigenvalue weighted by atomic mass is 79.9. The molecule has 1 aromatic rings.